The lowest BCUT2D eigenvalue weighted by atomic mass is 10.0. The minimum absolute atomic E-state index is 0.0268. The normalized spacial score (nSPS) is 24.1. The average molecular weight is 386 g/mol. The Labute approximate surface area is 167 Å². The molecule has 0 unspecified atom stereocenters. The molecule has 1 aromatic rings. The molecule has 3 aliphatic rings. The van der Waals surface area contributed by atoms with Gasteiger partial charge < -0.3 is 9.80 Å². The summed E-state index contributed by atoms with van der Waals surface area (Å²) in [5.74, 6) is 1.42. The van der Waals surface area contributed by atoms with Crippen LogP contribution >= 0.6 is 0 Å². The molecule has 4 rings (SSSR count). The lowest BCUT2D eigenvalue weighted by molar-refractivity contribution is -0.135. The second kappa shape index (κ2) is 8.15. The fraction of sp³-hybridized carbons (Fsp3) is 0.714. The van der Waals surface area contributed by atoms with E-state index in [-0.39, 0.29) is 23.8 Å². The Hall–Kier alpha value is -2.02. The molecule has 0 radical (unpaired) electrons. The first kappa shape index (κ1) is 19.3. The van der Waals surface area contributed by atoms with Crippen molar-refractivity contribution in [2.24, 2.45) is 0 Å². The van der Waals surface area contributed by atoms with Gasteiger partial charge in [-0.05, 0) is 39.3 Å². The van der Waals surface area contributed by atoms with Gasteiger partial charge in [-0.25, -0.2) is 9.97 Å². The Bertz CT molecular complexity index is 746. The highest BCUT2D eigenvalue weighted by Gasteiger charge is 2.34. The summed E-state index contributed by atoms with van der Waals surface area (Å²) in [5, 5.41) is 0. The highest BCUT2D eigenvalue weighted by atomic mass is 16.2. The van der Waals surface area contributed by atoms with Crippen LogP contribution in [-0.2, 0) is 22.6 Å². The van der Waals surface area contributed by atoms with Crippen molar-refractivity contribution in [2.45, 2.75) is 64.5 Å². The van der Waals surface area contributed by atoms with Crippen LogP contribution in [0.25, 0.3) is 0 Å². The van der Waals surface area contributed by atoms with E-state index < -0.39 is 0 Å². The van der Waals surface area contributed by atoms with Crippen LogP contribution < -0.4 is 0 Å². The zero-order valence-corrected chi connectivity index (χ0v) is 17.1. The van der Waals surface area contributed by atoms with Crippen molar-refractivity contribution in [3.8, 4) is 0 Å². The number of fused-ring (bicyclic) bond motifs is 1. The van der Waals surface area contributed by atoms with Gasteiger partial charge in [0.15, 0.2) is 0 Å². The smallest absolute Gasteiger partial charge is 0.239 e. The van der Waals surface area contributed by atoms with Crippen LogP contribution in [0.2, 0.25) is 0 Å². The molecule has 0 bridgehead atoms. The second-order valence-electron chi connectivity index (χ2n) is 8.43. The third kappa shape index (κ3) is 3.90. The zero-order valence-electron chi connectivity index (χ0n) is 17.1. The van der Waals surface area contributed by atoms with Crippen molar-refractivity contribution < 1.29 is 9.59 Å². The molecule has 2 fully saturated rings. The molecule has 152 valence electrons. The number of aromatic nitrogens is 2. The predicted octanol–water partition coefficient (Wildman–Crippen LogP) is 1.57. The minimum Gasteiger partial charge on any atom is -0.341 e. The van der Waals surface area contributed by atoms with Gasteiger partial charge in [-0.3, -0.25) is 14.5 Å². The van der Waals surface area contributed by atoms with Crippen LogP contribution in [0, 0.1) is 0 Å². The Balaban J connectivity index is 1.39. The monoisotopic (exact) mass is 385 g/mol. The molecule has 2 saturated heterocycles. The van der Waals surface area contributed by atoms with E-state index in [9.17, 15) is 9.59 Å². The van der Waals surface area contributed by atoms with E-state index >= 15 is 0 Å². The van der Waals surface area contributed by atoms with E-state index in [1.807, 2.05) is 16.0 Å². The van der Waals surface area contributed by atoms with Gasteiger partial charge in [0.25, 0.3) is 0 Å². The lowest BCUT2D eigenvalue weighted by Gasteiger charge is -2.33. The summed E-state index contributed by atoms with van der Waals surface area (Å²) in [5.41, 5.74) is 2.11. The van der Waals surface area contributed by atoms with Gasteiger partial charge in [0.1, 0.15) is 5.82 Å². The van der Waals surface area contributed by atoms with Gasteiger partial charge in [-0.1, -0.05) is 6.42 Å². The van der Waals surface area contributed by atoms with Gasteiger partial charge in [0.2, 0.25) is 11.8 Å². The maximum Gasteiger partial charge on any atom is 0.239 e. The highest BCUT2D eigenvalue weighted by Crippen LogP contribution is 2.27. The van der Waals surface area contributed by atoms with Gasteiger partial charge >= 0.3 is 0 Å². The number of hydrogen-bond donors (Lipinski definition) is 0. The molecule has 0 spiro atoms. The van der Waals surface area contributed by atoms with E-state index in [0.717, 1.165) is 62.6 Å². The summed E-state index contributed by atoms with van der Waals surface area (Å²) in [6, 6.07) is -0.0268. The molecule has 7 heteroatoms. The fourth-order valence-corrected chi connectivity index (χ4v) is 4.69. The first-order valence-electron chi connectivity index (χ1n) is 10.7. The Morgan fingerprint density at radius 2 is 1.89 bits per heavy atom. The van der Waals surface area contributed by atoms with Crippen LogP contribution in [0.4, 0.5) is 0 Å². The fourth-order valence-electron chi connectivity index (χ4n) is 4.69. The number of carbonyl (C=O) groups is 2. The Kier molecular flexibility index (Phi) is 5.62. The molecule has 2 amide bonds. The van der Waals surface area contributed by atoms with Gasteiger partial charge in [0, 0.05) is 57.2 Å². The predicted molar refractivity (Wildman–Crippen MR) is 106 cm³/mol. The molecule has 2 atom stereocenters. The number of hydrogen-bond acceptors (Lipinski definition) is 5. The van der Waals surface area contributed by atoms with Crippen LogP contribution in [0.5, 0.6) is 0 Å². The van der Waals surface area contributed by atoms with E-state index in [1.165, 1.54) is 19.3 Å². The van der Waals surface area contributed by atoms with E-state index in [1.54, 1.807) is 6.92 Å². The van der Waals surface area contributed by atoms with Crippen LogP contribution in [0.3, 0.4) is 0 Å². The van der Waals surface area contributed by atoms with E-state index in [0.29, 0.717) is 6.54 Å². The van der Waals surface area contributed by atoms with Crippen molar-refractivity contribution >= 4 is 11.8 Å². The van der Waals surface area contributed by atoms with Gasteiger partial charge in [0.05, 0.1) is 11.7 Å². The number of piperidine rings is 1. The summed E-state index contributed by atoms with van der Waals surface area (Å²) in [7, 11) is 0. The highest BCUT2D eigenvalue weighted by molar-refractivity contribution is 5.81. The van der Waals surface area contributed by atoms with Crippen molar-refractivity contribution in [1.82, 2.24) is 24.7 Å². The number of likely N-dealkylation sites (tertiary alicyclic amines) is 2. The SMILES string of the molecule is CC(=O)N1CCc2nc([C@@H]3CCN(C(=O)[C@H](C)N4CCCCC4)C3)ncc2C1. The molecule has 0 N–H and O–H groups in total. The summed E-state index contributed by atoms with van der Waals surface area (Å²) in [6.07, 6.45) is 7.27. The summed E-state index contributed by atoms with van der Waals surface area (Å²) >= 11 is 0. The third-order valence-corrected chi connectivity index (χ3v) is 6.56. The molecule has 3 aliphatic heterocycles. The maximum atomic E-state index is 13.0. The standard InChI is InChI=1S/C21H31N5O2/c1-15(24-8-4-3-5-9-24)21(28)26-10-6-17(13-26)20-22-12-18-14-25(16(2)27)11-7-19(18)23-20/h12,15,17H,3-11,13-14H2,1-2H3/t15-,17+/m0/s1. The molecule has 1 aromatic heterocycles. The molecular formula is C21H31N5O2. The molecule has 7 nitrogen and oxygen atoms in total. The molecule has 0 aromatic carbocycles. The molecule has 0 saturated carbocycles. The van der Waals surface area contributed by atoms with Gasteiger partial charge in [-0.15, -0.1) is 0 Å². The third-order valence-electron chi connectivity index (χ3n) is 6.56. The average Bonchev–Trinajstić information content (AvgIpc) is 3.22. The molecule has 4 heterocycles. The quantitative estimate of drug-likeness (QED) is 0.790. The molecular weight excluding hydrogens is 354 g/mol. The van der Waals surface area contributed by atoms with Crippen molar-refractivity contribution in [1.29, 1.82) is 0 Å². The zero-order chi connectivity index (χ0) is 19.7. The number of nitrogens with zero attached hydrogens (tertiary/aromatic N) is 5. The lowest BCUT2D eigenvalue weighted by Crippen LogP contribution is -2.48. The topological polar surface area (TPSA) is 69.6 Å². The minimum atomic E-state index is -0.0268. The van der Waals surface area contributed by atoms with Crippen molar-refractivity contribution in [2.75, 3.05) is 32.7 Å². The number of carbonyl (C=O) groups excluding carboxylic acids is 2. The molecule has 28 heavy (non-hydrogen) atoms. The van der Waals surface area contributed by atoms with Crippen LogP contribution in [0.1, 0.15) is 62.5 Å². The van der Waals surface area contributed by atoms with Crippen LogP contribution in [0.15, 0.2) is 6.20 Å². The molecule has 0 aliphatic carbocycles. The Morgan fingerprint density at radius 3 is 2.64 bits per heavy atom. The first-order chi connectivity index (χ1) is 13.5. The van der Waals surface area contributed by atoms with Crippen molar-refractivity contribution in [3.63, 3.8) is 0 Å². The maximum absolute atomic E-state index is 13.0. The van der Waals surface area contributed by atoms with Crippen molar-refractivity contribution in [3.05, 3.63) is 23.3 Å². The van der Waals surface area contributed by atoms with Crippen LogP contribution in [-0.4, -0.2) is 75.2 Å². The number of amides is 2. The summed E-state index contributed by atoms with van der Waals surface area (Å²) in [4.78, 5) is 40.1. The van der Waals surface area contributed by atoms with E-state index in [2.05, 4.69) is 16.8 Å². The largest absolute Gasteiger partial charge is 0.341 e. The van der Waals surface area contributed by atoms with E-state index in [4.69, 9.17) is 4.98 Å². The van der Waals surface area contributed by atoms with Gasteiger partial charge in [-0.2, -0.15) is 0 Å². The second-order valence-corrected chi connectivity index (χ2v) is 8.43. The summed E-state index contributed by atoms with van der Waals surface area (Å²) < 4.78 is 0. The number of rotatable bonds is 3. The first-order valence-corrected chi connectivity index (χ1v) is 10.7. The summed E-state index contributed by atoms with van der Waals surface area (Å²) in [6.45, 7) is 8.57. The Morgan fingerprint density at radius 1 is 1.11 bits per heavy atom.